The molecule has 1 fully saturated rings. The molecule has 0 saturated heterocycles. The molecule has 1 aliphatic carbocycles. The van der Waals surface area contributed by atoms with Crippen molar-refractivity contribution < 1.29 is 0 Å². The Morgan fingerprint density at radius 2 is 1.81 bits per heavy atom. The summed E-state index contributed by atoms with van der Waals surface area (Å²) in [7, 11) is 0. The fraction of sp³-hybridized carbons (Fsp3) is 0.571. The topological polar surface area (TPSA) is 29.3 Å². The molecule has 2 rings (SSSR count). The number of hydrogen-bond donors (Lipinski definition) is 1. The van der Waals surface area contributed by atoms with E-state index >= 15 is 0 Å². The summed E-state index contributed by atoms with van der Waals surface area (Å²) in [6.45, 7) is 6.05. The number of hydrogen-bond acceptors (Lipinski definition) is 2. The second kappa shape index (κ2) is 4.88. The summed E-state index contributed by atoms with van der Waals surface area (Å²) >= 11 is 0. The molecule has 1 saturated carbocycles. The van der Waals surface area contributed by atoms with Gasteiger partial charge in [0, 0.05) is 24.8 Å². The average Bonchev–Trinajstić information content (AvgIpc) is 2.12. The van der Waals surface area contributed by atoms with Crippen LogP contribution in [0.4, 0.5) is 5.69 Å². The first-order chi connectivity index (χ1) is 7.70. The highest BCUT2D eigenvalue weighted by Gasteiger charge is 2.24. The predicted octanol–water partition coefficient (Wildman–Crippen LogP) is 2.62. The zero-order valence-electron chi connectivity index (χ0n) is 10.4. The lowest BCUT2D eigenvalue weighted by molar-refractivity contribution is 0.388. The minimum Gasteiger partial charge on any atom is -0.367 e. The van der Waals surface area contributed by atoms with E-state index < -0.39 is 0 Å². The summed E-state index contributed by atoms with van der Waals surface area (Å²) in [4.78, 5) is 2.49. The van der Waals surface area contributed by atoms with Crippen LogP contribution in [0.25, 0.3) is 0 Å². The van der Waals surface area contributed by atoms with E-state index in [1.54, 1.807) is 0 Å². The number of anilines is 1. The van der Waals surface area contributed by atoms with Crippen molar-refractivity contribution in [2.45, 2.75) is 39.2 Å². The van der Waals surface area contributed by atoms with E-state index in [2.05, 4.69) is 36.9 Å². The first kappa shape index (κ1) is 11.5. The molecule has 0 amide bonds. The van der Waals surface area contributed by atoms with Gasteiger partial charge < -0.3 is 10.6 Å². The number of rotatable bonds is 4. The first-order valence-electron chi connectivity index (χ1n) is 6.25. The third-order valence-electron chi connectivity index (χ3n) is 3.42. The molecule has 0 radical (unpaired) electrons. The van der Waals surface area contributed by atoms with Crippen LogP contribution in [0.5, 0.6) is 0 Å². The van der Waals surface area contributed by atoms with Gasteiger partial charge in [0.05, 0.1) is 0 Å². The fourth-order valence-electron chi connectivity index (χ4n) is 2.48. The van der Waals surface area contributed by atoms with Gasteiger partial charge in [0.15, 0.2) is 0 Å². The molecule has 2 nitrogen and oxygen atoms in total. The highest BCUT2D eigenvalue weighted by atomic mass is 15.2. The molecule has 1 aliphatic rings. The lowest BCUT2D eigenvalue weighted by atomic mass is 9.90. The summed E-state index contributed by atoms with van der Waals surface area (Å²) in [6.07, 6.45) is 4.02. The largest absolute Gasteiger partial charge is 0.367 e. The summed E-state index contributed by atoms with van der Waals surface area (Å²) in [5.74, 6) is 0. The maximum atomic E-state index is 5.72. The standard InChI is InChI=1S/C14H22N2/c1-11-8-12(2)10-14(9-11)16(7-6-15)13-4-3-5-13/h8-10,13H,3-7,15H2,1-2H3. The minimum atomic E-state index is 0.727. The smallest absolute Gasteiger partial charge is 0.0374 e. The molecule has 0 heterocycles. The molecule has 2 N–H and O–H groups in total. The second-order valence-corrected chi connectivity index (χ2v) is 4.91. The Bertz CT molecular complexity index is 336. The summed E-state index contributed by atoms with van der Waals surface area (Å²) < 4.78 is 0. The van der Waals surface area contributed by atoms with Crippen molar-refractivity contribution in [2.75, 3.05) is 18.0 Å². The van der Waals surface area contributed by atoms with E-state index in [1.165, 1.54) is 36.1 Å². The van der Waals surface area contributed by atoms with Gasteiger partial charge >= 0.3 is 0 Å². The van der Waals surface area contributed by atoms with Gasteiger partial charge in [-0.1, -0.05) is 6.07 Å². The second-order valence-electron chi connectivity index (χ2n) is 4.91. The Balaban J connectivity index is 2.22. The molecule has 16 heavy (non-hydrogen) atoms. The highest BCUT2D eigenvalue weighted by molar-refractivity contribution is 5.52. The third-order valence-corrected chi connectivity index (χ3v) is 3.42. The van der Waals surface area contributed by atoms with Gasteiger partial charge in [-0.2, -0.15) is 0 Å². The Morgan fingerprint density at radius 3 is 2.25 bits per heavy atom. The van der Waals surface area contributed by atoms with E-state index in [-0.39, 0.29) is 0 Å². The predicted molar refractivity (Wildman–Crippen MR) is 70.0 cm³/mol. The van der Waals surface area contributed by atoms with Crippen molar-refractivity contribution in [2.24, 2.45) is 5.73 Å². The number of nitrogens with zero attached hydrogens (tertiary/aromatic N) is 1. The van der Waals surface area contributed by atoms with E-state index in [0.29, 0.717) is 0 Å². The van der Waals surface area contributed by atoms with Crippen LogP contribution in [0.3, 0.4) is 0 Å². The monoisotopic (exact) mass is 218 g/mol. The highest BCUT2D eigenvalue weighted by Crippen LogP contribution is 2.30. The van der Waals surface area contributed by atoms with E-state index in [9.17, 15) is 0 Å². The van der Waals surface area contributed by atoms with E-state index in [1.807, 2.05) is 0 Å². The van der Waals surface area contributed by atoms with Crippen molar-refractivity contribution in [3.8, 4) is 0 Å². The molecule has 0 atom stereocenters. The fourth-order valence-corrected chi connectivity index (χ4v) is 2.48. The van der Waals surface area contributed by atoms with Crippen LogP contribution in [0.15, 0.2) is 18.2 Å². The lowest BCUT2D eigenvalue weighted by Gasteiger charge is -2.39. The molecule has 0 aliphatic heterocycles. The molecule has 1 aromatic rings. The zero-order chi connectivity index (χ0) is 11.5. The Labute approximate surface area is 98.4 Å². The van der Waals surface area contributed by atoms with Crippen LogP contribution in [0, 0.1) is 13.8 Å². The average molecular weight is 218 g/mol. The van der Waals surface area contributed by atoms with Crippen LogP contribution in [-0.2, 0) is 0 Å². The lowest BCUT2D eigenvalue weighted by Crippen LogP contribution is -2.43. The summed E-state index contributed by atoms with van der Waals surface area (Å²) in [5.41, 5.74) is 9.76. The maximum absolute atomic E-state index is 5.72. The quantitative estimate of drug-likeness (QED) is 0.841. The number of aryl methyl sites for hydroxylation is 2. The van der Waals surface area contributed by atoms with Crippen molar-refractivity contribution in [1.29, 1.82) is 0 Å². The molecule has 88 valence electrons. The van der Waals surface area contributed by atoms with Crippen molar-refractivity contribution in [3.05, 3.63) is 29.3 Å². The van der Waals surface area contributed by atoms with Crippen LogP contribution in [0.2, 0.25) is 0 Å². The normalized spacial score (nSPS) is 15.9. The van der Waals surface area contributed by atoms with Gasteiger partial charge in [0.25, 0.3) is 0 Å². The summed E-state index contributed by atoms with van der Waals surface area (Å²) in [6, 6.07) is 7.51. The van der Waals surface area contributed by atoms with Crippen molar-refractivity contribution >= 4 is 5.69 Å². The van der Waals surface area contributed by atoms with E-state index in [4.69, 9.17) is 5.73 Å². The molecular formula is C14H22N2. The Kier molecular flexibility index (Phi) is 3.49. The number of benzene rings is 1. The maximum Gasteiger partial charge on any atom is 0.0374 e. The van der Waals surface area contributed by atoms with Gasteiger partial charge in [-0.25, -0.2) is 0 Å². The molecule has 0 aromatic heterocycles. The molecule has 0 unspecified atom stereocenters. The SMILES string of the molecule is Cc1cc(C)cc(N(CCN)C2CCC2)c1. The molecule has 0 spiro atoms. The molecule has 2 heteroatoms. The number of nitrogens with two attached hydrogens (primary N) is 1. The van der Waals surface area contributed by atoms with Gasteiger partial charge in [0.2, 0.25) is 0 Å². The minimum absolute atomic E-state index is 0.727. The summed E-state index contributed by atoms with van der Waals surface area (Å²) in [5, 5.41) is 0. The van der Waals surface area contributed by atoms with Crippen LogP contribution in [-0.4, -0.2) is 19.1 Å². The molecular weight excluding hydrogens is 196 g/mol. The molecule has 1 aromatic carbocycles. The van der Waals surface area contributed by atoms with Gasteiger partial charge in [-0.3, -0.25) is 0 Å². The Hall–Kier alpha value is -1.02. The zero-order valence-corrected chi connectivity index (χ0v) is 10.4. The van der Waals surface area contributed by atoms with Crippen molar-refractivity contribution in [1.82, 2.24) is 0 Å². The molecule has 0 bridgehead atoms. The third kappa shape index (κ3) is 2.38. The van der Waals surface area contributed by atoms with Crippen LogP contribution in [0.1, 0.15) is 30.4 Å². The Morgan fingerprint density at radius 1 is 1.19 bits per heavy atom. The van der Waals surface area contributed by atoms with Gasteiger partial charge in [-0.15, -0.1) is 0 Å². The van der Waals surface area contributed by atoms with Crippen LogP contribution < -0.4 is 10.6 Å². The first-order valence-corrected chi connectivity index (χ1v) is 6.25. The van der Waals surface area contributed by atoms with Gasteiger partial charge in [-0.05, 0) is 56.4 Å². The van der Waals surface area contributed by atoms with Crippen LogP contribution >= 0.6 is 0 Å². The van der Waals surface area contributed by atoms with E-state index in [0.717, 1.165) is 19.1 Å². The van der Waals surface area contributed by atoms with Gasteiger partial charge in [0.1, 0.15) is 0 Å². The van der Waals surface area contributed by atoms with Crippen molar-refractivity contribution in [3.63, 3.8) is 0 Å².